The highest BCUT2D eigenvalue weighted by molar-refractivity contribution is 5.92. The topological polar surface area (TPSA) is 40.9 Å². The van der Waals surface area contributed by atoms with Crippen molar-refractivity contribution >= 4 is 5.78 Å². The van der Waals surface area contributed by atoms with Crippen LogP contribution in [0.15, 0.2) is 18.2 Å². The summed E-state index contributed by atoms with van der Waals surface area (Å²) in [5, 5.41) is 9.07. The average molecular weight is 251 g/mol. The van der Waals surface area contributed by atoms with Crippen LogP contribution in [-0.4, -0.2) is 5.78 Å². The largest absolute Gasteiger partial charge is 0.297 e. The first-order valence-electron chi connectivity index (χ1n) is 5.71. The second kappa shape index (κ2) is 5.26. The van der Waals surface area contributed by atoms with Gasteiger partial charge in [-0.1, -0.05) is 20.8 Å². The molecule has 0 aliphatic carbocycles. The number of Topliss-reactive ketones (excluding diaryl/α,β-unsaturated/α-hetero) is 1. The van der Waals surface area contributed by atoms with Crippen LogP contribution in [0.1, 0.15) is 38.7 Å². The summed E-state index contributed by atoms with van der Waals surface area (Å²) in [6.45, 7) is 5.27. The van der Waals surface area contributed by atoms with Crippen molar-refractivity contribution < 1.29 is 13.6 Å². The second-order valence-corrected chi connectivity index (χ2v) is 4.87. The molecule has 1 aromatic rings. The van der Waals surface area contributed by atoms with Crippen molar-refractivity contribution in [1.29, 1.82) is 5.26 Å². The monoisotopic (exact) mass is 251 g/mol. The molecule has 1 unspecified atom stereocenters. The van der Waals surface area contributed by atoms with Crippen LogP contribution in [0.5, 0.6) is 0 Å². The maximum atomic E-state index is 13.1. The molecule has 96 valence electrons. The fraction of sp³-hybridized carbons (Fsp3) is 0.429. The molecular formula is C14H15F2NO. The van der Waals surface area contributed by atoms with Gasteiger partial charge in [0.15, 0.2) is 5.78 Å². The molecule has 1 aromatic carbocycles. The number of halogens is 2. The van der Waals surface area contributed by atoms with Gasteiger partial charge < -0.3 is 0 Å². The lowest BCUT2D eigenvalue weighted by Crippen LogP contribution is -2.28. The van der Waals surface area contributed by atoms with E-state index in [9.17, 15) is 13.6 Å². The van der Waals surface area contributed by atoms with Gasteiger partial charge in [-0.15, -0.1) is 0 Å². The van der Waals surface area contributed by atoms with Crippen LogP contribution in [0.4, 0.5) is 8.78 Å². The van der Waals surface area contributed by atoms with E-state index in [4.69, 9.17) is 5.26 Å². The zero-order valence-electron chi connectivity index (χ0n) is 10.6. The van der Waals surface area contributed by atoms with E-state index in [0.29, 0.717) is 12.5 Å². The van der Waals surface area contributed by atoms with Gasteiger partial charge in [0.25, 0.3) is 0 Å². The van der Waals surface area contributed by atoms with Gasteiger partial charge in [0.1, 0.15) is 17.6 Å². The summed E-state index contributed by atoms with van der Waals surface area (Å²) in [5.41, 5.74) is -0.620. The van der Waals surface area contributed by atoms with Gasteiger partial charge in [-0.3, -0.25) is 4.79 Å². The smallest absolute Gasteiger partial charge is 0.160 e. The Morgan fingerprint density at radius 1 is 1.33 bits per heavy atom. The van der Waals surface area contributed by atoms with E-state index >= 15 is 0 Å². The molecule has 0 saturated carbocycles. The molecule has 1 atom stereocenters. The molecule has 0 aliphatic heterocycles. The van der Waals surface area contributed by atoms with Crippen LogP contribution in [-0.2, 0) is 4.79 Å². The van der Waals surface area contributed by atoms with Crippen molar-refractivity contribution in [2.75, 3.05) is 0 Å². The predicted molar refractivity (Wildman–Crippen MR) is 63.8 cm³/mol. The normalized spacial score (nSPS) is 12.9. The first kappa shape index (κ1) is 14.3. The third kappa shape index (κ3) is 2.92. The minimum Gasteiger partial charge on any atom is -0.297 e. The van der Waals surface area contributed by atoms with Crippen LogP contribution in [0.2, 0.25) is 0 Å². The maximum Gasteiger partial charge on any atom is 0.160 e. The summed E-state index contributed by atoms with van der Waals surface area (Å²) in [4.78, 5) is 12.2. The lowest BCUT2D eigenvalue weighted by Gasteiger charge is -2.23. The third-order valence-corrected chi connectivity index (χ3v) is 3.16. The van der Waals surface area contributed by atoms with E-state index < -0.39 is 23.0 Å². The zero-order valence-corrected chi connectivity index (χ0v) is 10.6. The van der Waals surface area contributed by atoms with Crippen molar-refractivity contribution in [2.24, 2.45) is 5.41 Å². The fourth-order valence-electron chi connectivity index (χ4n) is 1.59. The molecule has 0 bridgehead atoms. The highest BCUT2D eigenvalue weighted by Crippen LogP contribution is 2.30. The van der Waals surface area contributed by atoms with E-state index in [1.54, 1.807) is 13.8 Å². The van der Waals surface area contributed by atoms with Crippen LogP contribution in [0.3, 0.4) is 0 Å². The molecule has 18 heavy (non-hydrogen) atoms. The summed E-state index contributed by atoms with van der Waals surface area (Å²) >= 11 is 0. The van der Waals surface area contributed by atoms with Gasteiger partial charge >= 0.3 is 0 Å². The summed E-state index contributed by atoms with van der Waals surface area (Å²) in [5.74, 6) is -3.03. The Bertz CT molecular complexity index is 483. The molecule has 0 N–H and O–H groups in total. The minimum atomic E-state index is -1.13. The van der Waals surface area contributed by atoms with Gasteiger partial charge in [-0.05, 0) is 24.1 Å². The number of carbonyl (C=O) groups is 1. The molecule has 0 aromatic heterocycles. The lowest BCUT2D eigenvalue weighted by atomic mass is 9.77. The molecule has 0 saturated heterocycles. The highest BCUT2D eigenvalue weighted by atomic mass is 19.1. The van der Waals surface area contributed by atoms with Gasteiger partial charge in [0.05, 0.1) is 6.07 Å². The Labute approximate surface area is 105 Å². The summed E-state index contributed by atoms with van der Waals surface area (Å²) in [7, 11) is 0. The number of hydrogen-bond donors (Lipinski definition) is 0. The Kier molecular flexibility index (Phi) is 4.18. The lowest BCUT2D eigenvalue weighted by molar-refractivity contribution is -0.127. The Balaban J connectivity index is 3.19. The fourth-order valence-corrected chi connectivity index (χ4v) is 1.59. The van der Waals surface area contributed by atoms with Gasteiger partial charge in [-0.2, -0.15) is 5.26 Å². The van der Waals surface area contributed by atoms with Crippen LogP contribution >= 0.6 is 0 Å². The van der Waals surface area contributed by atoms with Gasteiger partial charge in [0, 0.05) is 11.5 Å². The van der Waals surface area contributed by atoms with Crippen molar-refractivity contribution in [3.8, 4) is 6.07 Å². The molecule has 0 aliphatic rings. The van der Waals surface area contributed by atoms with Gasteiger partial charge in [0.2, 0.25) is 0 Å². The number of nitriles is 1. The van der Waals surface area contributed by atoms with Crippen LogP contribution in [0, 0.1) is 28.4 Å². The number of nitrogens with zero attached hydrogens (tertiary/aromatic N) is 1. The quantitative estimate of drug-likeness (QED) is 0.820. The average Bonchev–Trinajstić information content (AvgIpc) is 2.28. The number of carbonyl (C=O) groups excluding carboxylic acids is 1. The summed E-state index contributed by atoms with van der Waals surface area (Å²) < 4.78 is 26.2. The van der Waals surface area contributed by atoms with Crippen molar-refractivity contribution in [2.45, 2.75) is 33.1 Å². The van der Waals surface area contributed by atoms with Crippen LogP contribution < -0.4 is 0 Å². The van der Waals surface area contributed by atoms with E-state index in [0.717, 1.165) is 12.1 Å². The first-order chi connectivity index (χ1) is 8.31. The molecular weight excluding hydrogens is 236 g/mol. The number of hydrogen-bond acceptors (Lipinski definition) is 2. The number of benzene rings is 1. The van der Waals surface area contributed by atoms with Crippen LogP contribution in [0.25, 0.3) is 0 Å². The van der Waals surface area contributed by atoms with E-state index in [-0.39, 0.29) is 11.3 Å². The van der Waals surface area contributed by atoms with Crippen molar-refractivity contribution in [3.05, 3.63) is 35.4 Å². The SMILES string of the molecule is CCC(C)(C)C(=O)C(C#N)c1cc(F)cc(F)c1. The number of ketones is 1. The molecule has 0 fully saturated rings. The van der Waals surface area contributed by atoms with Gasteiger partial charge in [-0.25, -0.2) is 8.78 Å². The molecule has 0 spiro atoms. The second-order valence-electron chi connectivity index (χ2n) is 4.87. The minimum absolute atomic E-state index is 0.0709. The van der Waals surface area contributed by atoms with Crippen molar-refractivity contribution in [3.63, 3.8) is 0 Å². The Morgan fingerprint density at radius 3 is 2.22 bits per heavy atom. The Morgan fingerprint density at radius 2 is 1.83 bits per heavy atom. The molecule has 2 nitrogen and oxygen atoms in total. The zero-order chi connectivity index (χ0) is 13.9. The third-order valence-electron chi connectivity index (χ3n) is 3.16. The molecule has 0 amide bonds. The number of rotatable bonds is 4. The summed E-state index contributed by atoms with van der Waals surface area (Å²) in [6.07, 6.45) is 0.557. The highest BCUT2D eigenvalue weighted by Gasteiger charge is 2.33. The standard InChI is InChI=1S/C14H15F2NO/c1-4-14(2,3)13(18)12(8-17)9-5-10(15)7-11(16)6-9/h5-7,12H,4H2,1-3H3. The van der Waals surface area contributed by atoms with E-state index in [1.807, 2.05) is 13.0 Å². The van der Waals surface area contributed by atoms with E-state index in [1.165, 1.54) is 0 Å². The molecule has 0 radical (unpaired) electrons. The Hall–Kier alpha value is -1.76. The molecule has 1 rings (SSSR count). The summed E-state index contributed by atoms with van der Waals surface area (Å²) in [6, 6.07) is 4.60. The molecule has 4 heteroatoms. The maximum absolute atomic E-state index is 13.1. The molecule has 0 heterocycles. The van der Waals surface area contributed by atoms with Crippen molar-refractivity contribution in [1.82, 2.24) is 0 Å². The predicted octanol–water partition coefficient (Wildman–Crippen LogP) is 3.58. The first-order valence-corrected chi connectivity index (χ1v) is 5.71. The van der Waals surface area contributed by atoms with E-state index in [2.05, 4.69) is 0 Å².